The van der Waals surface area contributed by atoms with Gasteiger partial charge in [0.25, 0.3) is 0 Å². The van der Waals surface area contributed by atoms with E-state index < -0.39 is 5.97 Å². The first kappa shape index (κ1) is 11.2. The Morgan fingerprint density at radius 2 is 1.92 bits per heavy atom. The van der Waals surface area contributed by atoms with Crippen LogP contribution < -0.4 is 5.73 Å². The lowest BCUT2D eigenvalue weighted by Gasteiger charge is -1.98. The monoisotopic (exact) mass is 185 g/mol. The summed E-state index contributed by atoms with van der Waals surface area (Å²) in [5.41, 5.74) is 5.43. The molecule has 0 aliphatic rings. The minimum atomic E-state index is -1.19. The Balaban J connectivity index is 0.000000671. The maximum Gasteiger partial charge on any atom is 0.339 e. The van der Waals surface area contributed by atoms with Crippen LogP contribution in [0, 0.1) is 0 Å². The molecule has 0 saturated heterocycles. The van der Waals surface area contributed by atoms with Crippen LogP contribution in [0.15, 0.2) is 18.2 Å². The molecular formula is C8H11NO4. The first-order valence-electron chi connectivity index (χ1n) is 3.38. The van der Waals surface area contributed by atoms with Gasteiger partial charge in [0.05, 0.1) is 0 Å². The summed E-state index contributed by atoms with van der Waals surface area (Å²) in [5.74, 6) is -1.46. The third-order valence-corrected chi connectivity index (χ3v) is 1.25. The van der Waals surface area contributed by atoms with Gasteiger partial charge in [-0.05, 0) is 18.2 Å². The number of benzene rings is 1. The van der Waals surface area contributed by atoms with Gasteiger partial charge in [-0.25, -0.2) is 4.79 Å². The number of aliphatic hydroxyl groups excluding tert-OH is 1. The van der Waals surface area contributed by atoms with Crippen LogP contribution in [0.4, 0.5) is 5.69 Å². The molecule has 0 aliphatic heterocycles. The summed E-state index contributed by atoms with van der Waals surface area (Å²) in [7, 11) is 1.00. The molecule has 0 bridgehead atoms. The summed E-state index contributed by atoms with van der Waals surface area (Å²) >= 11 is 0. The van der Waals surface area contributed by atoms with E-state index in [1.165, 1.54) is 18.2 Å². The Morgan fingerprint density at radius 3 is 2.31 bits per heavy atom. The molecule has 0 unspecified atom stereocenters. The molecule has 0 saturated carbocycles. The van der Waals surface area contributed by atoms with Crippen LogP contribution in [0.3, 0.4) is 0 Å². The van der Waals surface area contributed by atoms with Crippen molar-refractivity contribution in [3.05, 3.63) is 23.8 Å². The van der Waals surface area contributed by atoms with Gasteiger partial charge in [0.2, 0.25) is 0 Å². The average Bonchev–Trinajstić information content (AvgIpc) is 2.12. The largest absolute Gasteiger partial charge is 0.507 e. The average molecular weight is 185 g/mol. The Morgan fingerprint density at radius 1 is 1.38 bits per heavy atom. The van der Waals surface area contributed by atoms with Crippen molar-refractivity contribution in [2.24, 2.45) is 0 Å². The van der Waals surface area contributed by atoms with Crippen LogP contribution in [-0.4, -0.2) is 28.4 Å². The number of carboxylic acid groups (broad SMARTS) is 1. The molecule has 0 spiro atoms. The lowest BCUT2D eigenvalue weighted by atomic mass is 10.2. The Hall–Kier alpha value is -1.75. The van der Waals surface area contributed by atoms with Crippen LogP contribution >= 0.6 is 0 Å². The molecule has 5 N–H and O–H groups in total. The zero-order valence-corrected chi connectivity index (χ0v) is 7.06. The number of aromatic carboxylic acids is 1. The third kappa shape index (κ3) is 3.00. The van der Waals surface area contributed by atoms with E-state index in [-0.39, 0.29) is 11.3 Å². The number of hydrogen-bond acceptors (Lipinski definition) is 4. The van der Waals surface area contributed by atoms with E-state index in [1.54, 1.807) is 0 Å². The standard InChI is InChI=1S/C7H7NO3.CH4O/c8-4-1-2-6(9)5(3-4)7(10)11;1-2/h1-3,9H,8H2,(H,10,11);2H,1H3. The quantitative estimate of drug-likeness (QED) is 0.371. The normalized spacial score (nSPS) is 8.46. The second-order valence-corrected chi connectivity index (χ2v) is 2.08. The second kappa shape index (κ2) is 5.00. The Kier molecular flexibility index (Phi) is 4.32. The topological polar surface area (TPSA) is 104 Å². The summed E-state index contributed by atoms with van der Waals surface area (Å²) < 4.78 is 0. The number of anilines is 1. The maximum absolute atomic E-state index is 10.4. The van der Waals surface area contributed by atoms with Gasteiger partial charge in [-0.2, -0.15) is 0 Å². The molecule has 0 aromatic heterocycles. The molecule has 0 heterocycles. The predicted octanol–water partition coefficient (Wildman–Crippen LogP) is 0.281. The van der Waals surface area contributed by atoms with E-state index in [0.29, 0.717) is 5.69 Å². The highest BCUT2D eigenvalue weighted by molar-refractivity contribution is 5.91. The number of rotatable bonds is 1. The van der Waals surface area contributed by atoms with Crippen molar-refractivity contribution < 1.29 is 20.1 Å². The SMILES string of the molecule is CO.Nc1ccc(O)c(C(=O)O)c1. The van der Waals surface area contributed by atoms with Crippen molar-refractivity contribution in [3.63, 3.8) is 0 Å². The molecule has 5 heteroatoms. The Labute approximate surface area is 75.1 Å². The lowest BCUT2D eigenvalue weighted by Crippen LogP contribution is -1.97. The van der Waals surface area contributed by atoms with E-state index in [1.807, 2.05) is 0 Å². The van der Waals surface area contributed by atoms with Gasteiger partial charge < -0.3 is 21.1 Å². The molecule has 0 fully saturated rings. The molecule has 5 nitrogen and oxygen atoms in total. The van der Waals surface area contributed by atoms with E-state index in [9.17, 15) is 4.79 Å². The molecule has 0 aliphatic carbocycles. The summed E-state index contributed by atoms with van der Waals surface area (Å²) in [4.78, 5) is 10.4. The zero-order chi connectivity index (χ0) is 10.4. The van der Waals surface area contributed by atoms with Gasteiger partial charge in [0, 0.05) is 12.8 Å². The fourth-order valence-electron chi connectivity index (χ4n) is 0.725. The molecule has 72 valence electrons. The van der Waals surface area contributed by atoms with E-state index in [2.05, 4.69) is 0 Å². The van der Waals surface area contributed by atoms with Crippen LogP contribution in [-0.2, 0) is 0 Å². The second-order valence-electron chi connectivity index (χ2n) is 2.08. The van der Waals surface area contributed by atoms with Gasteiger partial charge in [-0.3, -0.25) is 0 Å². The van der Waals surface area contributed by atoms with E-state index in [4.69, 9.17) is 21.1 Å². The summed E-state index contributed by atoms with van der Waals surface area (Å²) in [5, 5.41) is 24.4. The first-order valence-corrected chi connectivity index (χ1v) is 3.38. The molecule has 0 amide bonds. The molecule has 13 heavy (non-hydrogen) atoms. The number of carboxylic acids is 1. The van der Waals surface area contributed by atoms with E-state index in [0.717, 1.165) is 7.11 Å². The summed E-state index contributed by atoms with van der Waals surface area (Å²) in [6, 6.07) is 3.89. The number of nitrogen functional groups attached to an aromatic ring is 1. The van der Waals surface area contributed by atoms with Crippen molar-refractivity contribution in [1.29, 1.82) is 0 Å². The zero-order valence-electron chi connectivity index (χ0n) is 7.06. The highest BCUT2D eigenvalue weighted by Gasteiger charge is 2.08. The molecule has 1 rings (SSSR count). The highest BCUT2D eigenvalue weighted by Crippen LogP contribution is 2.18. The smallest absolute Gasteiger partial charge is 0.339 e. The number of hydrogen-bond donors (Lipinski definition) is 4. The summed E-state index contributed by atoms with van der Waals surface area (Å²) in [6.07, 6.45) is 0. The minimum absolute atomic E-state index is 0.176. The number of nitrogens with two attached hydrogens (primary N) is 1. The van der Waals surface area contributed by atoms with Crippen molar-refractivity contribution in [2.75, 3.05) is 12.8 Å². The molecule has 0 atom stereocenters. The minimum Gasteiger partial charge on any atom is -0.507 e. The van der Waals surface area contributed by atoms with E-state index >= 15 is 0 Å². The molecular weight excluding hydrogens is 174 g/mol. The predicted molar refractivity (Wildman–Crippen MR) is 47.6 cm³/mol. The fourth-order valence-corrected chi connectivity index (χ4v) is 0.725. The van der Waals surface area contributed by atoms with Crippen LogP contribution in [0.25, 0.3) is 0 Å². The molecule has 1 aromatic rings. The molecule has 0 radical (unpaired) electrons. The maximum atomic E-state index is 10.4. The highest BCUT2D eigenvalue weighted by atomic mass is 16.4. The number of phenols is 1. The Bertz CT molecular complexity index is 298. The van der Waals surface area contributed by atoms with Gasteiger partial charge in [0.1, 0.15) is 11.3 Å². The lowest BCUT2D eigenvalue weighted by molar-refractivity contribution is 0.0694. The van der Waals surface area contributed by atoms with Gasteiger partial charge in [-0.15, -0.1) is 0 Å². The van der Waals surface area contributed by atoms with Crippen LogP contribution in [0.2, 0.25) is 0 Å². The van der Waals surface area contributed by atoms with Gasteiger partial charge >= 0.3 is 5.97 Å². The summed E-state index contributed by atoms with van der Waals surface area (Å²) in [6.45, 7) is 0. The van der Waals surface area contributed by atoms with Crippen molar-refractivity contribution in [1.82, 2.24) is 0 Å². The van der Waals surface area contributed by atoms with Gasteiger partial charge in [-0.1, -0.05) is 0 Å². The fraction of sp³-hybridized carbons (Fsp3) is 0.125. The van der Waals surface area contributed by atoms with Crippen LogP contribution in [0.1, 0.15) is 10.4 Å². The number of carbonyl (C=O) groups is 1. The van der Waals surface area contributed by atoms with Crippen molar-refractivity contribution >= 4 is 11.7 Å². The number of aromatic hydroxyl groups is 1. The van der Waals surface area contributed by atoms with Crippen molar-refractivity contribution in [2.45, 2.75) is 0 Å². The third-order valence-electron chi connectivity index (χ3n) is 1.25. The van der Waals surface area contributed by atoms with Gasteiger partial charge in [0.15, 0.2) is 0 Å². The first-order chi connectivity index (χ1) is 6.11. The number of aliphatic hydroxyl groups is 1. The van der Waals surface area contributed by atoms with Crippen molar-refractivity contribution in [3.8, 4) is 5.75 Å². The van der Waals surface area contributed by atoms with Crippen LogP contribution in [0.5, 0.6) is 5.75 Å². The molecule has 1 aromatic carbocycles.